The Morgan fingerprint density at radius 3 is 2.46 bits per heavy atom. The molecule has 1 rings (SSSR count). The van der Waals surface area contributed by atoms with E-state index in [0.717, 1.165) is 11.8 Å². The molecule has 1 aliphatic rings. The number of nitrogens with one attached hydrogen (secondary N) is 1. The topological polar surface area (TPSA) is 55.4 Å². The van der Waals surface area contributed by atoms with Crippen molar-refractivity contribution in [2.45, 2.75) is 31.6 Å². The summed E-state index contributed by atoms with van der Waals surface area (Å²) in [5.74, 6) is -0.251. The Balaban J connectivity index is 2.38. The predicted molar refractivity (Wildman–Crippen MR) is 50.6 cm³/mol. The Morgan fingerprint density at radius 2 is 2.08 bits per heavy atom. The smallest absolute Gasteiger partial charge is 0.286 e. The van der Waals surface area contributed by atoms with E-state index in [9.17, 15) is 9.59 Å². The maximum Gasteiger partial charge on any atom is 0.286 e. The van der Waals surface area contributed by atoms with Gasteiger partial charge >= 0.3 is 0 Å². The predicted octanol–water partition coefficient (Wildman–Crippen LogP) is 1.15. The van der Waals surface area contributed by atoms with Crippen molar-refractivity contribution in [2.24, 2.45) is 0 Å². The van der Waals surface area contributed by atoms with Crippen LogP contribution in [-0.4, -0.2) is 28.6 Å². The summed E-state index contributed by atoms with van der Waals surface area (Å²) < 4.78 is 5.40. The lowest BCUT2D eigenvalue weighted by Crippen LogP contribution is -2.31. The molecule has 4 nitrogen and oxygen atoms in total. The fourth-order valence-corrected chi connectivity index (χ4v) is 1.55. The van der Waals surface area contributed by atoms with Crippen LogP contribution in [0.15, 0.2) is 0 Å². The van der Waals surface area contributed by atoms with E-state index >= 15 is 0 Å². The molecule has 1 N–H and O–H groups in total. The van der Waals surface area contributed by atoms with Crippen molar-refractivity contribution in [3.05, 3.63) is 0 Å². The normalized spacial score (nSPS) is 23.5. The van der Waals surface area contributed by atoms with Crippen LogP contribution in [0.25, 0.3) is 0 Å². The van der Waals surface area contributed by atoms with Crippen molar-refractivity contribution in [2.75, 3.05) is 6.61 Å². The molecular weight excluding hydrogens is 190 g/mol. The number of carbonyl (C=O) groups is 2. The van der Waals surface area contributed by atoms with Gasteiger partial charge in [0.2, 0.25) is 5.91 Å². The number of hydrogen-bond acceptors (Lipinski definition) is 4. The minimum Gasteiger partial charge on any atom is -0.374 e. The van der Waals surface area contributed by atoms with Gasteiger partial charge in [0, 0.05) is 0 Å². The molecular formula is C8H13NO3S. The maximum absolute atomic E-state index is 11.1. The summed E-state index contributed by atoms with van der Waals surface area (Å²) in [6.45, 7) is 6.01. The van der Waals surface area contributed by atoms with E-state index in [2.05, 4.69) is 5.32 Å². The van der Waals surface area contributed by atoms with Crippen LogP contribution in [0.5, 0.6) is 0 Å². The van der Waals surface area contributed by atoms with Crippen LogP contribution in [0.1, 0.15) is 20.8 Å². The van der Waals surface area contributed by atoms with Crippen LogP contribution in [0.4, 0.5) is 4.79 Å². The van der Waals surface area contributed by atoms with E-state index in [1.165, 1.54) is 0 Å². The number of thioether (sulfide) groups is 1. The van der Waals surface area contributed by atoms with E-state index in [1.807, 2.05) is 20.8 Å². The summed E-state index contributed by atoms with van der Waals surface area (Å²) >= 11 is 0.990. The molecule has 0 bridgehead atoms. The zero-order chi connectivity index (χ0) is 10.1. The molecule has 1 atom stereocenters. The van der Waals surface area contributed by atoms with Crippen molar-refractivity contribution in [3.63, 3.8) is 0 Å². The largest absolute Gasteiger partial charge is 0.374 e. The number of imide groups is 1. The lowest BCUT2D eigenvalue weighted by atomic mass is 10.2. The molecule has 0 aromatic heterocycles. The molecule has 0 aromatic carbocycles. The van der Waals surface area contributed by atoms with Gasteiger partial charge in [0.25, 0.3) is 5.24 Å². The molecule has 5 heteroatoms. The average molecular weight is 203 g/mol. The summed E-state index contributed by atoms with van der Waals surface area (Å²) in [7, 11) is 0. The maximum atomic E-state index is 11.1. The van der Waals surface area contributed by atoms with Crippen molar-refractivity contribution in [1.29, 1.82) is 0 Å². The van der Waals surface area contributed by atoms with Gasteiger partial charge in [-0.3, -0.25) is 14.9 Å². The van der Waals surface area contributed by atoms with Crippen LogP contribution in [0.2, 0.25) is 0 Å². The summed E-state index contributed by atoms with van der Waals surface area (Å²) in [6.07, 6.45) is 0. The van der Waals surface area contributed by atoms with Crippen molar-refractivity contribution in [1.82, 2.24) is 5.32 Å². The number of hydrogen-bond donors (Lipinski definition) is 1. The third kappa shape index (κ3) is 3.36. The van der Waals surface area contributed by atoms with Gasteiger partial charge in [-0.2, -0.15) is 0 Å². The van der Waals surface area contributed by atoms with Crippen LogP contribution in [0, 0.1) is 0 Å². The second-order valence-electron chi connectivity index (χ2n) is 3.81. The van der Waals surface area contributed by atoms with Gasteiger partial charge in [-0.1, -0.05) is 0 Å². The first-order chi connectivity index (χ1) is 5.88. The Kier molecular flexibility index (Phi) is 2.98. The summed E-state index contributed by atoms with van der Waals surface area (Å²) in [6, 6.07) is 0. The Labute approximate surface area is 81.4 Å². The highest BCUT2D eigenvalue weighted by molar-refractivity contribution is 8.15. The summed E-state index contributed by atoms with van der Waals surface area (Å²) in [4.78, 5) is 21.8. The molecule has 74 valence electrons. The van der Waals surface area contributed by atoms with Crippen molar-refractivity contribution >= 4 is 22.9 Å². The van der Waals surface area contributed by atoms with Crippen molar-refractivity contribution < 1.29 is 14.3 Å². The molecule has 1 aliphatic heterocycles. The van der Waals surface area contributed by atoms with Crippen LogP contribution in [0.3, 0.4) is 0 Å². The standard InChI is InChI=1S/C8H13NO3S/c1-8(2,3)12-4-5-6(10)9-7(11)13-5/h5H,4H2,1-3H3,(H,9,10,11). The molecule has 0 spiro atoms. The van der Waals surface area contributed by atoms with E-state index in [1.54, 1.807) is 0 Å². The highest BCUT2D eigenvalue weighted by atomic mass is 32.2. The SMILES string of the molecule is CC(C)(C)OCC1SC(=O)NC1=O. The molecule has 0 saturated carbocycles. The van der Waals surface area contributed by atoms with Gasteiger partial charge < -0.3 is 4.74 Å². The lowest BCUT2D eigenvalue weighted by molar-refractivity contribution is -0.120. The van der Waals surface area contributed by atoms with E-state index in [0.29, 0.717) is 0 Å². The fourth-order valence-electron chi connectivity index (χ4n) is 0.829. The first-order valence-electron chi connectivity index (χ1n) is 4.04. The number of rotatable bonds is 2. The monoisotopic (exact) mass is 203 g/mol. The fraction of sp³-hybridized carbons (Fsp3) is 0.750. The first kappa shape index (κ1) is 10.5. The third-order valence-electron chi connectivity index (χ3n) is 1.43. The zero-order valence-corrected chi connectivity index (χ0v) is 8.73. The molecule has 2 amide bonds. The quantitative estimate of drug-likeness (QED) is 0.731. The molecule has 0 aromatic rings. The van der Waals surface area contributed by atoms with Gasteiger partial charge in [-0.05, 0) is 32.5 Å². The van der Waals surface area contributed by atoms with E-state index < -0.39 is 0 Å². The Morgan fingerprint density at radius 1 is 1.46 bits per heavy atom. The van der Waals surface area contributed by atoms with E-state index in [4.69, 9.17) is 4.74 Å². The lowest BCUT2D eigenvalue weighted by Gasteiger charge is -2.20. The second kappa shape index (κ2) is 3.67. The molecule has 1 unspecified atom stereocenters. The van der Waals surface area contributed by atoms with Gasteiger partial charge in [0.1, 0.15) is 5.25 Å². The number of amides is 2. The summed E-state index contributed by atoms with van der Waals surface area (Å²) in [5, 5.41) is 1.54. The highest BCUT2D eigenvalue weighted by Crippen LogP contribution is 2.20. The van der Waals surface area contributed by atoms with Crippen LogP contribution in [-0.2, 0) is 9.53 Å². The third-order valence-corrected chi connectivity index (χ3v) is 2.39. The van der Waals surface area contributed by atoms with Gasteiger partial charge in [0.15, 0.2) is 0 Å². The Bertz CT molecular complexity index is 234. The molecule has 13 heavy (non-hydrogen) atoms. The van der Waals surface area contributed by atoms with Gasteiger partial charge in [0.05, 0.1) is 12.2 Å². The van der Waals surface area contributed by atoms with Crippen molar-refractivity contribution in [3.8, 4) is 0 Å². The van der Waals surface area contributed by atoms with Gasteiger partial charge in [-0.15, -0.1) is 0 Å². The number of ether oxygens (including phenoxy) is 1. The van der Waals surface area contributed by atoms with Crippen LogP contribution >= 0.6 is 11.8 Å². The molecule has 0 radical (unpaired) electrons. The van der Waals surface area contributed by atoms with E-state index in [-0.39, 0.29) is 28.6 Å². The van der Waals surface area contributed by atoms with Crippen LogP contribution < -0.4 is 5.32 Å². The minimum absolute atomic E-state index is 0.251. The molecule has 1 heterocycles. The van der Waals surface area contributed by atoms with Gasteiger partial charge in [-0.25, -0.2) is 0 Å². The minimum atomic E-state index is -0.383. The zero-order valence-electron chi connectivity index (χ0n) is 7.92. The molecule has 0 aliphatic carbocycles. The molecule has 1 fully saturated rings. The first-order valence-corrected chi connectivity index (χ1v) is 4.92. The highest BCUT2D eigenvalue weighted by Gasteiger charge is 2.32. The average Bonchev–Trinajstić information content (AvgIpc) is 2.24. The summed E-state index contributed by atoms with van der Waals surface area (Å²) in [5.41, 5.74) is -0.271. The number of carbonyl (C=O) groups excluding carboxylic acids is 2. The molecule has 1 saturated heterocycles. The Hall–Kier alpha value is -0.550. The second-order valence-corrected chi connectivity index (χ2v) is 4.98.